The maximum atomic E-state index is 9.90. The van der Waals surface area contributed by atoms with Gasteiger partial charge in [0.15, 0.2) is 0 Å². The van der Waals surface area contributed by atoms with E-state index in [4.69, 9.17) is 0 Å². The van der Waals surface area contributed by atoms with Crippen molar-refractivity contribution in [1.29, 1.82) is 0 Å². The molecule has 1 unspecified atom stereocenters. The molecule has 0 aliphatic heterocycles. The number of nitrogens with one attached hydrogen (secondary N) is 2. The zero-order valence-electron chi connectivity index (χ0n) is 14.4. The molecule has 21 heavy (non-hydrogen) atoms. The lowest BCUT2D eigenvalue weighted by Crippen LogP contribution is -2.42. The van der Waals surface area contributed by atoms with Crippen molar-refractivity contribution in [3.05, 3.63) is 11.4 Å². The van der Waals surface area contributed by atoms with Gasteiger partial charge in [-0.2, -0.15) is 0 Å². The molecule has 0 radical (unpaired) electrons. The Hall–Kier alpha value is -1.36. The van der Waals surface area contributed by atoms with Crippen LogP contribution in [0.4, 0.5) is 11.6 Å². The molecule has 1 aromatic heterocycles. The number of anilines is 2. The quantitative estimate of drug-likeness (QED) is 0.720. The van der Waals surface area contributed by atoms with Gasteiger partial charge >= 0.3 is 0 Å². The van der Waals surface area contributed by atoms with Crippen molar-refractivity contribution >= 4 is 11.6 Å². The second-order valence-electron chi connectivity index (χ2n) is 6.51. The molecular weight excluding hydrogens is 264 g/mol. The van der Waals surface area contributed by atoms with Crippen molar-refractivity contribution in [2.24, 2.45) is 0 Å². The van der Waals surface area contributed by atoms with Crippen LogP contribution in [0.15, 0.2) is 0 Å². The van der Waals surface area contributed by atoms with Crippen molar-refractivity contribution < 1.29 is 5.11 Å². The Labute approximate surface area is 128 Å². The van der Waals surface area contributed by atoms with Gasteiger partial charge in [-0.15, -0.1) is 0 Å². The van der Waals surface area contributed by atoms with E-state index in [1.165, 1.54) is 0 Å². The summed E-state index contributed by atoms with van der Waals surface area (Å²) in [6.07, 6.45) is 0.559. The molecule has 0 spiro atoms. The van der Waals surface area contributed by atoms with E-state index in [2.05, 4.69) is 41.4 Å². The predicted octanol–water partition coefficient (Wildman–Crippen LogP) is 3.30. The van der Waals surface area contributed by atoms with Crippen LogP contribution >= 0.6 is 0 Å². The number of rotatable bonds is 7. The van der Waals surface area contributed by atoms with Crippen molar-refractivity contribution in [3.8, 4) is 0 Å². The van der Waals surface area contributed by atoms with Crippen LogP contribution < -0.4 is 10.6 Å². The van der Waals surface area contributed by atoms with Gasteiger partial charge in [0.2, 0.25) is 0 Å². The lowest BCUT2D eigenvalue weighted by molar-refractivity contribution is 0.133. The van der Waals surface area contributed by atoms with E-state index in [1.54, 1.807) is 6.92 Å². The summed E-state index contributed by atoms with van der Waals surface area (Å²) in [6.45, 7) is 14.9. The van der Waals surface area contributed by atoms with E-state index in [9.17, 15) is 5.11 Å². The molecule has 0 amide bonds. The van der Waals surface area contributed by atoms with Crippen LogP contribution in [-0.4, -0.2) is 33.3 Å². The smallest absolute Gasteiger partial charge is 0.135 e. The standard InChI is InChI=1S/C16H30N4O/c1-8-9-17-14-11(4)15(19-13(18-14)10(2)3)20-16(6,7)12(5)21/h10,12,21H,8-9H2,1-7H3,(H2,17,18,19,20). The van der Waals surface area contributed by atoms with Crippen molar-refractivity contribution in [2.75, 3.05) is 17.2 Å². The highest BCUT2D eigenvalue weighted by atomic mass is 16.3. The molecular formula is C16H30N4O. The highest BCUT2D eigenvalue weighted by molar-refractivity contribution is 5.58. The van der Waals surface area contributed by atoms with Crippen LogP contribution in [0.2, 0.25) is 0 Å². The number of nitrogens with zero attached hydrogens (tertiary/aromatic N) is 2. The number of hydrogen-bond acceptors (Lipinski definition) is 5. The normalized spacial score (nSPS) is 13.4. The highest BCUT2D eigenvalue weighted by Gasteiger charge is 2.26. The van der Waals surface area contributed by atoms with Gasteiger partial charge in [0.1, 0.15) is 17.5 Å². The Morgan fingerprint density at radius 1 is 1.14 bits per heavy atom. The first-order valence-electron chi connectivity index (χ1n) is 7.77. The van der Waals surface area contributed by atoms with Crippen LogP contribution in [0.1, 0.15) is 65.3 Å². The Morgan fingerprint density at radius 2 is 1.71 bits per heavy atom. The summed E-state index contributed by atoms with van der Waals surface area (Å²) in [7, 11) is 0. The van der Waals surface area contributed by atoms with Crippen molar-refractivity contribution in [2.45, 2.75) is 72.4 Å². The van der Waals surface area contributed by atoms with Gasteiger partial charge in [0.05, 0.1) is 11.6 Å². The fourth-order valence-electron chi connectivity index (χ4n) is 1.74. The van der Waals surface area contributed by atoms with Crippen LogP contribution in [0.5, 0.6) is 0 Å². The summed E-state index contributed by atoms with van der Waals surface area (Å²) < 4.78 is 0. The van der Waals surface area contributed by atoms with Crippen LogP contribution in [-0.2, 0) is 0 Å². The molecule has 1 aromatic rings. The molecule has 0 aromatic carbocycles. The molecule has 1 atom stereocenters. The summed E-state index contributed by atoms with van der Waals surface area (Å²) in [5, 5.41) is 16.6. The van der Waals surface area contributed by atoms with Gasteiger partial charge in [0, 0.05) is 18.0 Å². The molecule has 3 N–H and O–H groups in total. The van der Waals surface area contributed by atoms with Gasteiger partial charge in [-0.25, -0.2) is 9.97 Å². The molecule has 5 heteroatoms. The van der Waals surface area contributed by atoms with Crippen molar-refractivity contribution in [3.63, 3.8) is 0 Å². The minimum atomic E-state index is -0.485. The summed E-state index contributed by atoms with van der Waals surface area (Å²) in [4.78, 5) is 9.25. The third kappa shape index (κ3) is 4.56. The van der Waals surface area contributed by atoms with E-state index in [0.29, 0.717) is 0 Å². The van der Waals surface area contributed by atoms with Gasteiger partial charge in [-0.1, -0.05) is 20.8 Å². The molecule has 0 fully saturated rings. The molecule has 0 saturated carbocycles. The van der Waals surface area contributed by atoms with E-state index in [0.717, 1.165) is 36.0 Å². The number of aliphatic hydroxyl groups is 1. The molecule has 5 nitrogen and oxygen atoms in total. The lowest BCUT2D eigenvalue weighted by Gasteiger charge is -2.31. The van der Waals surface area contributed by atoms with E-state index >= 15 is 0 Å². The fraction of sp³-hybridized carbons (Fsp3) is 0.750. The predicted molar refractivity (Wildman–Crippen MR) is 89.0 cm³/mol. The molecule has 1 rings (SSSR count). The zero-order chi connectivity index (χ0) is 16.2. The molecule has 0 saturated heterocycles. The molecule has 0 aliphatic rings. The molecule has 0 bridgehead atoms. The van der Waals surface area contributed by atoms with Gasteiger partial charge in [-0.05, 0) is 34.1 Å². The topological polar surface area (TPSA) is 70.1 Å². The first kappa shape index (κ1) is 17.7. The largest absolute Gasteiger partial charge is 0.391 e. The average molecular weight is 294 g/mol. The third-order valence-corrected chi connectivity index (χ3v) is 3.71. The average Bonchev–Trinajstić information content (AvgIpc) is 2.38. The Bertz CT molecular complexity index is 470. The van der Waals surface area contributed by atoms with E-state index < -0.39 is 11.6 Å². The SMILES string of the molecule is CCCNc1nc(C(C)C)nc(NC(C)(C)C(C)O)c1C. The van der Waals surface area contributed by atoms with Crippen LogP contribution in [0.3, 0.4) is 0 Å². The third-order valence-electron chi connectivity index (χ3n) is 3.71. The number of aliphatic hydroxyl groups excluding tert-OH is 1. The minimum Gasteiger partial charge on any atom is -0.391 e. The van der Waals surface area contributed by atoms with Gasteiger partial charge in [0.25, 0.3) is 0 Å². The monoisotopic (exact) mass is 294 g/mol. The number of aromatic nitrogens is 2. The lowest BCUT2D eigenvalue weighted by atomic mass is 9.98. The maximum absolute atomic E-state index is 9.90. The second-order valence-corrected chi connectivity index (χ2v) is 6.51. The Morgan fingerprint density at radius 3 is 2.19 bits per heavy atom. The van der Waals surface area contributed by atoms with E-state index in [-0.39, 0.29) is 5.92 Å². The number of hydrogen-bond donors (Lipinski definition) is 3. The fourth-order valence-corrected chi connectivity index (χ4v) is 1.74. The molecule has 120 valence electrons. The van der Waals surface area contributed by atoms with Gasteiger partial charge in [-0.3, -0.25) is 0 Å². The Kier molecular flexibility index (Phi) is 5.96. The summed E-state index contributed by atoms with van der Waals surface area (Å²) in [6, 6.07) is 0. The second kappa shape index (κ2) is 7.07. The highest BCUT2D eigenvalue weighted by Crippen LogP contribution is 2.26. The summed E-state index contributed by atoms with van der Waals surface area (Å²) in [5.41, 5.74) is 0.539. The van der Waals surface area contributed by atoms with Crippen LogP contribution in [0.25, 0.3) is 0 Å². The van der Waals surface area contributed by atoms with Crippen LogP contribution in [0, 0.1) is 6.92 Å². The molecule has 0 aliphatic carbocycles. The first-order chi connectivity index (χ1) is 9.69. The van der Waals surface area contributed by atoms with E-state index in [1.807, 2.05) is 20.8 Å². The first-order valence-corrected chi connectivity index (χ1v) is 7.77. The Balaban J connectivity index is 3.20. The maximum Gasteiger partial charge on any atom is 0.135 e. The van der Waals surface area contributed by atoms with Gasteiger partial charge < -0.3 is 15.7 Å². The summed E-state index contributed by atoms with van der Waals surface area (Å²) >= 11 is 0. The molecule has 1 heterocycles. The minimum absolute atomic E-state index is 0.253. The van der Waals surface area contributed by atoms with Crippen molar-refractivity contribution in [1.82, 2.24) is 9.97 Å². The summed E-state index contributed by atoms with van der Waals surface area (Å²) in [5.74, 6) is 2.73. The zero-order valence-corrected chi connectivity index (χ0v) is 14.4.